The number of benzene rings is 2. The van der Waals surface area contributed by atoms with Gasteiger partial charge >= 0.3 is 0 Å². The molecule has 1 atom stereocenters. The minimum Gasteiger partial charge on any atom is -0.348 e. The van der Waals surface area contributed by atoms with Crippen molar-refractivity contribution in [3.8, 4) is 0 Å². The van der Waals surface area contributed by atoms with Crippen molar-refractivity contribution in [2.75, 3.05) is 4.90 Å². The van der Waals surface area contributed by atoms with Gasteiger partial charge in [-0.25, -0.2) is 8.78 Å². The lowest BCUT2D eigenvalue weighted by Gasteiger charge is -2.32. The van der Waals surface area contributed by atoms with E-state index < -0.39 is 11.6 Å². The molecule has 0 saturated heterocycles. The van der Waals surface area contributed by atoms with Crippen molar-refractivity contribution in [3.05, 3.63) is 77.1 Å². The van der Waals surface area contributed by atoms with Crippen molar-refractivity contribution in [1.29, 1.82) is 0 Å². The van der Waals surface area contributed by atoms with E-state index in [0.29, 0.717) is 23.4 Å². The van der Waals surface area contributed by atoms with Crippen molar-refractivity contribution in [2.45, 2.75) is 30.2 Å². The van der Waals surface area contributed by atoms with Gasteiger partial charge in [0.1, 0.15) is 11.6 Å². The van der Waals surface area contributed by atoms with Crippen molar-refractivity contribution < 1.29 is 18.4 Å². The van der Waals surface area contributed by atoms with E-state index >= 15 is 0 Å². The first kappa shape index (κ1) is 21.0. The third-order valence-electron chi connectivity index (χ3n) is 4.90. The van der Waals surface area contributed by atoms with Gasteiger partial charge in [-0.1, -0.05) is 0 Å². The third-order valence-corrected chi connectivity index (χ3v) is 6.06. The highest BCUT2D eigenvalue weighted by Gasteiger charge is 2.31. The summed E-state index contributed by atoms with van der Waals surface area (Å²) in [5.74, 6) is -1.88. The van der Waals surface area contributed by atoms with Gasteiger partial charge in [0.25, 0.3) is 5.91 Å². The maximum absolute atomic E-state index is 13.6. The second kappa shape index (κ2) is 8.50. The molecule has 1 aromatic heterocycles. The zero-order valence-corrected chi connectivity index (χ0v) is 17.7. The van der Waals surface area contributed by atoms with Crippen LogP contribution in [0.5, 0.6) is 0 Å². The first-order valence-electron chi connectivity index (χ1n) is 9.63. The Morgan fingerprint density at radius 2 is 1.90 bits per heavy atom. The minimum atomic E-state index is -0.703. The lowest BCUT2D eigenvalue weighted by Crippen LogP contribution is -2.39. The van der Waals surface area contributed by atoms with Gasteiger partial charge in [0.05, 0.1) is 23.7 Å². The van der Waals surface area contributed by atoms with E-state index in [-0.39, 0.29) is 23.6 Å². The second-order valence-corrected chi connectivity index (χ2v) is 8.73. The van der Waals surface area contributed by atoms with Crippen LogP contribution in [0.4, 0.5) is 14.5 Å². The molecular formula is C22H20F2N4O2S. The fourth-order valence-electron chi connectivity index (χ4n) is 3.44. The molecule has 0 spiro atoms. The summed E-state index contributed by atoms with van der Waals surface area (Å²) in [5.41, 5.74) is 2.14. The minimum absolute atomic E-state index is 0.00612. The van der Waals surface area contributed by atoms with Crippen LogP contribution in [-0.2, 0) is 24.9 Å². The second-order valence-electron chi connectivity index (χ2n) is 7.35. The van der Waals surface area contributed by atoms with Crippen LogP contribution in [0.2, 0.25) is 0 Å². The number of hydrogen-bond donors (Lipinski definition) is 1. The summed E-state index contributed by atoms with van der Waals surface area (Å²) in [4.78, 5) is 27.8. The standard InChI is InChI=1S/C22H20F2N4O2S/c1-13-22(30)28(12-14-5-17(23)8-18(24)6-14)19-7-16(3-4-20(19)31-13)21(29)25-9-15-10-26-27(2)11-15/h3-8,10-11,13H,9,12H2,1-2H3,(H,25,29). The Labute approximate surface area is 182 Å². The number of hydrogen-bond acceptors (Lipinski definition) is 4. The Kier molecular flexibility index (Phi) is 5.77. The van der Waals surface area contributed by atoms with Crippen LogP contribution in [0.25, 0.3) is 0 Å². The predicted octanol–water partition coefficient (Wildman–Crippen LogP) is 3.66. The van der Waals surface area contributed by atoms with Crippen molar-refractivity contribution in [3.63, 3.8) is 0 Å². The van der Waals surface area contributed by atoms with E-state index in [9.17, 15) is 18.4 Å². The van der Waals surface area contributed by atoms with Crippen LogP contribution < -0.4 is 10.2 Å². The fourth-order valence-corrected chi connectivity index (χ4v) is 4.49. The van der Waals surface area contributed by atoms with E-state index in [1.807, 2.05) is 6.20 Å². The van der Waals surface area contributed by atoms with Gasteiger partial charge in [-0.15, -0.1) is 11.8 Å². The molecule has 1 aliphatic heterocycles. The average molecular weight is 442 g/mol. The first-order valence-corrected chi connectivity index (χ1v) is 10.5. The molecule has 0 radical (unpaired) electrons. The van der Waals surface area contributed by atoms with Crippen LogP contribution in [0.15, 0.2) is 53.7 Å². The molecule has 6 nitrogen and oxygen atoms in total. The quantitative estimate of drug-likeness (QED) is 0.655. The number of fused-ring (bicyclic) bond motifs is 1. The van der Waals surface area contributed by atoms with Crippen molar-refractivity contribution in [1.82, 2.24) is 15.1 Å². The molecule has 0 bridgehead atoms. The highest BCUT2D eigenvalue weighted by molar-refractivity contribution is 8.01. The summed E-state index contributed by atoms with van der Waals surface area (Å²) in [7, 11) is 1.80. The van der Waals surface area contributed by atoms with Crippen molar-refractivity contribution in [2.24, 2.45) is 7.05 Å². The fraction of sp³-hybridized carbons (Fsp3) is 0.227. The first-order chi connectivity index (χ1) is 14.8. The van der Waals surface area contributed by atoms with E-state index in [1.165, 1.54) is 28.8 Å². The number of nitrogens with zero attached hydrogens (tertiary/aromatic N) is 3. The van der Waals surface area contributed by atoms with E-state index in [2.05, 4.69) is 10.4 Å². The number of aromatic nitrogens is 2. The molecule has 1 N–H and O–H groups in total. The molecule has 1 unspecified atom stereocenters. The number of rotatable bonds is 5. The third kappa shape index (κ3) is 4.61. The maximum atomic E-state index is 13.6. The zero-order valence-electron chi connectivity index (χ0n) is 16.9. The van der Waals surface area contributed by atoms with Crippen LogP contribution in [0.3, 0.4) is 0 Å². The normalized spacial score (nSPS) is 15.7. The number of nitrogens with one attached hydrogen (secondary N) is 1. The molecule has 0 fully saturated rings. The Morgan fingerprint density at radius 1 is 1.16 bits per heavy atom. The van der Waals surface area contributed by atoms with E-state index in [4.69, 9.17) is 0 Å². The van der Waals surface area contributed by atoms with Gasteiger partial charge in [0.2, 0.25) is 5.91 Å². The highest BCUT2D eigenvalue weighted by Crippen LogP contribution is 2.40. The summed E-state index contributed by atoms with van der Waals surface area (Å²) in [6, 6.07) is 8.33. The maximum Gasteiger partial charge on any atom is 0.251 e. The molecule has 9 heteroatoms. The van der Waals surface area contributed by atoms with Crippen LogP contribution >= 0.6 is 11.8 Å². The SMILES string of the molecule is CC1Sc2ccc(C(=O)NCc3cnn(C)c3)cc2N(Cc2cc(F)cc(F)c2)C1=O. The average Bonchev–Trinajstić information content (AvgIpc) is 3.14. The smallest absolute Gasteiger partial charge is 0.251 e. The molecule has 0 aliphatic carbocycles. The molecule has 2 aromatic carbocycles. The Hall–Kier alpha value is -3.20. The summed E-state index contributed by atoms with van der Waals surface area (Å²) >= 11 is 1.39. The lowest BCUT2D eigenvalue weighted by molar-refractivity contribution is -0.118. The van der Waals surface area contributed by atoms with E-state index in [1.54, 1.807) is 43.0 Å². The molecule has 2 heterocycles. The lowest BCUT2D eigenvalue weighted by atomic mass is 10.1. The van der Waals surface area contributed by atoms with Gasteiger partial charge in [0.15, 0.2) is 0 Å². The number of carbonyl (C=O) groups is 2. The topological polar surface area (TPSA) is 67.2 Å². The Morgan fingerprint density at radius 3 is 2.58 bits per heavy atom. The van der Waals surface area contributed by atoms with Gasteiger partial charge in [-0.05, 0) is 42.8 Å². The van der Waals surface area contributed by atoms with E-state index in [0.717, 1.165) is 16.5 Å². The molecule has 1 aliphatic rings. The number of amides is 2. The van der Waals surface area contributed by atoms with Gasteiger partial charge in [0, 0.05) is 41.9 Å². The van der Waals surface area contributed by atoms with Crippen LogP contribution in [0.1, 0.15) is 28.4 Å². The Balaban J connectivity index is 1.60. The molecule has 31 heavy (non-hydrogen) atoms. The van der Waals surface area contributed by atoms with Crippen LogP contribution in [-0.4, -0.2) is 26.8 Å². The zero-order chi connectivity index (χ0) is 22.1. The number of anilines is 1. The molecule has 0 saturated carbocycles. The van der Waals surface area contributed by atoms with Crippen molar-refractivity contribution >= 4 is 29.3 Å². The van der Waals surface area contributed by atoms with Gasteiger partial charge in [-0.3, -0.25) is 14.3 Å². The van der Waals surface area contributed by atoms with Crippen LogP contribution in [0, 0.1) is 11.6 Å². The number of thioether (sulfide) groups is 1. The summed E-state index contributed by atoms with van der Waals surface area (Å²) in [6.45, 7) is 2.11. The predicted molar refractivity (Wildman–Crippen MR) is 114 cm³/mol. The molecule has 160 valence electrons. The molecule has 2 amide bonds. The number of halogens is 2. The molecule has 4 rings (SSSR count). The summed E-state index contributed by atoms with van der Waals surface area (Å²) < 4.78 is 28.9. The summed E-state index contributed by atoms with van der Waals surface area (Å²) in [6.07, 6.45) is 3.48. The molecule has 3 aromatic rings. The number of carbonyl (C=O) groups excluding carboxylic acids is 2. The highest BCUT2D eigenvalue weighted by atomic mass is 32.2. The number of aryl methyl sites for hydroxylation is 1. The van der Waals surface area contributed by atoms with Gasteiger partial charge in [-0.2, -0.15) is 5.10 Å². The summed E-state index contributed by atoms with van der Waals surface area (Å²) in [5, 5.41) is 6.55. The monoisotopic (exact) mass is 442 g/mol. The van der Waals surface area contributed by atoms with Gasteiger partial charge < -0.3 is 10.2 Å². The largest absolute Gasteiger partial charge is 0.348 e. The molecular weight excluding hydrogens is 422 g/mol. The Bertz CT molecular complexity index is 1140.